The van der Waals surface area contributed by atoms with Gasteiger partial charge in [0.15, 0.2) is 0 Å². The fourth-order valence-corrected chi connectivity index (χ4v) is 2.39. The minimum atomic E-state index is 0.587. The van der Waals surface area contributed by atoms with Gasteiger partial charge >= 0.3 is 0 Å². The Balaban J connectivity index is 3.86. The van der Waals surface area contributed by atoms with Gasteiger partial charge in [-0.15, -0.1) is 0 Å². The number of hydrogen-bond acceptors (Lipinski definition) is 4. The third-order valence-electron chi connectivity index (χ3n) is 3.21. The van der Waals surface area contributed by atoms with E-state index in [0.29, 0.717) is 17.8 Å². The first kappa shape index (κ1) is 14.0. The van der Waals surface area contributed by atoms with Crippen molar-refractivity contribution in [1.29, 1.82) is 0 Å². The van der Waals surface area contributed by atoms with E-state index in [2.05, 4.69) is 9.98 Å². The molecule has 0 radical (unpaired) electrons. The number of benzene rings is 1. The zero-order valence-corrected chi connectivity index (χ0v) is 11.1. The molecule has 0 saturated carbocycles. The number of hydrogen-bond donors (Lipinski definition) is 0. The third kappa shape index (κ3) is 2.30. The molecule has 0 saturated heterocycles. The fraction of sp³-hybridized carbons (Fsp3) is 0.429. The Morgan fingerprint density at radius 3 is 1.50 bits per heavy atom. The lowest BCUT2D eigenvalue weighted by molar-refractivity contribution is 0.564. The number of isocyanates is 2. The zero-order valence-electron chi connectivity index (χ0n) is 11.1. The van der Waals surface area contributed by atoms with Gasteiger partial charge in [-0.2, -0.15) is 9.98 Å². The highest BCUT2D eigenvalue weighted by atomic mass is 16.1. The van der Waals surface area contributed by atoms with Gasteiger partial charge in [0.25, 0.3) is 0 Å². The van der Waals surface area contributed by atoms with Crippen molar-refractivity contribution in [1.82, 2.24) is 0 Å². The smallest absolute Gasteiger partial charge is 0.211 e. The highest BCUT2D eigenvalue weighted by Crippen LogP contribution is 2.39. The van der Waals surface area contributed by atoms with Crippen LogP contribution in [0.1, 0.15) is 36.1 Å². The second kappa shape index (κ2) is 6.06. The zero-order chi connectivity index (χ0) is 13.7. The second-order valence-electron chi connectivity index (χ2n) is 4.02. The maximum Gasteiger partial charge on any atom is 0.240 e. The number of aliphatic imine (C=N–C) groups is 2. The maximum atomic E-state index is 10.5. The van der Waals surface area contributed by atoms with E-state index < -0.39 is 0 Å². The van der Waals surface area contributed by atoms with Crippen LogP contribution in [-0.2, 0) is 22.4 Å². The van der Waals surface area contributed by atoms with E-state index >= 15 is 0 Å². The summed E-state index contributed by atoms with van der Waals surface area (Å²) in [6.45, 7) is 7.81. The number of carbonyl (C=O) groups excluding carboxylic acids is 2. The molecular formula is C14H16N2O2. The lowest BCUT2D eigenvalue weighted by Crippen LogP contribution is -1.98. The molecular weight excluding hydrogens is 228 g/mol. The molecule has 0 aliphatic rings. The molecule has 0 atom stereocenters. The van der Waals surface area contributed by atoms with Crippen LogP contribution in [0.2, 0.25) is 0 Å². The summed E-state index contributed by atoms with van der Waals surface area (Å²) < 4.78 is 0. The molecule has 0 heterocycles. The first-order valence-electron chi connectivity index (χ1n) is 5.92. The Kier molecular flexibility index (Phi) is 4.73. The molecule has 18 heavy (non-hydrogen) atoms. The van der Waals surface area contributed by atoms with Crippen molar-refractivity contribution in [3.05, 3.63) is 22.3 Å². The van der Waals surface area contributed by atoms with Crippen molar-refractivity contribution in [3.8, 4) is 0 Å². The van der Waals surface area contributed by atoms with Crippen LogP contribution in [0.3, 0.4) is 0 Å². The summed E-state index contributed by atoms with van der Waals surface area (Å²) in [5.41, 5.74) is 4.96. The second-order valence-corrected chi connectivity index (χ2v) is 4.02. The SMILES string of the molecule is CCc1c(C)c(N=C=O)c(CC)c(N=C=O)c1C. The Hall–Kier alpha value is -2.02. The van der Waals surface area contributed by atoms with E-state index in [1.54, 1.807) is 12.2 Å². The molecule has 0 aliphatic carbocycles. The molecule has 94 valence electrons. The van der Waals surface area contributed by atoms with Crippen LogP contribution in [-0.4, -0.2) is 12.2 Å². The third-order valence-corrected chi connectivity index (χ3v) is 3.21. The Bertz CT molecular complexity index is 519. The van der Waals surface area contributed by atoms with Crippen LogP contribution in [0.15, 0.2) is 9.98 Å². The normalized spacial score (nSPS) is 9.56. The molecule has 0 bridgehead atoms. The summed E-state index contributed by atoms with van der Waals surface area (Å²) in [5.74, 6) is 0. The predicted octanol–water partition coefficient (Wildman–Crippen LogP) is 3.36. The molecule has 0 aliphatic heterocycles. The van der Waals surface area contributed by atoms with Crippen LogP contribution < -0.4 is 0 Å². The van der Waals surface area contributed by atoms with Crippen LogP contribution in [0.5, 0.6) is 0 Å². The lowest BCUT2D eigenvalue weighted by atomic mass is 9.92. The highest BCUT2D eigenvalue weighted by molar-refractivity contribution is 5.74. The number of nitrogens with zero attached hydrogens (tertiary/aromatic N) is 2. The van der Waals surface area contributed by atoms with E-state index in [1.807, 2.05) is 27.7 Å². The quantitative estimate of drug-likeness (QED) is 0.602. The minimum Gasteiger partial charge on any atom is -0.211 e. The molecule has 4 heteroatoms. The molecule has 1 aromatic carbocycles. The molecule has 1 rings (SSSR count). The van der Waals surface area contributed by atoms with Gasteiger partial charge in [-0.25, -0.2) is 9.59 Å². The van der Waals surface area contributed by atoms with Gasteiger partial charge in [0.1, 0.15) is 0 Å². The first-order valence-corrected chi connectivity index (χ1v) is 5.92. The van der Waals surface area contributed by atoms with E-state index in [0.717, 1.165) is 28.7 Å². The van der Waals surface area contributed by atoms with Crippen molar-refractivity contribution in [3.63, 3.8) is 0 Å². The summed E-state index contributed by atoms with van der Waals surface area (Å²) in [7, 11) is 0. The average molecular weight is 244 g/mol. The molecule has 4 nitrogen and oxygen atoms in total. The molecule has 0 N–H and O–H groups in total. The summed E-state index contributed by atoms with van der Waals surface area (Å²) in [6.07, 6.45) is 4.59. The van der Waals surface area contributed by atoms with Crippen molar-refractivity contribution >= 4 is 23.5 Å². The fourth-order valence-electron chi connectivity index (χ4n) is 2.39. The summed E-state index contributed by atoms with van der Waals surface area (Å²) in [6, 6.07) is 0. The van der Waals surface area contributed by atoms with Gasteiger partial charge in [-0.3, -0.25) is 0 Å². The van der Waals surface area contributed by atoms with E-state index in [1.165, 1.54) is 0 Å². The van der Waals surface area contributed by atoms with Crippen LogP contribution in [0.25, 0.3) is 0 Å². The summed E-state index contributed by atoms with van der Waals surface area (Å²) in [4.78, 5) is 28.6. The van der Waals surface area contributed by atoms with Crippen LogP contribution >= 0.6 is 0 Å². The monoisotopic (exact) mass is 244 g/mol. The van der Waals surface area contributed by atoms with E-state index in [4.69, 9.17) is 0 Å². The highest BCUT2D eigenvalue weighted by Gasteiger charge is 2.17. The van der Waals surface area contributed by atoms with Crippen LogP contribution in [0.4, 0.5) is 11.4 Å². The molecule has 0 unspecified atom stereocenters. The maximum absolute atomic E-state index is 10.5. The summed E-state index contributed by atoms with van der Waals surface area (Å²) >= 11 is 0. The summed E-state index contributed by atoms with van der Waals surface area (Å²) in [5, 5.41) is 0. The van der Waals surface area contributed by atoms with Gasteiger partial charge in [0, 0.05) is 5.56 Å². The van der Waals surface area contributed by atoms with E-state index in [9.17, 15) is 9.59 Å². The molecule has 0 aromatic heterocycles. The molecule has 1 aromatic rings. The first-order chi connectivity index (χ1) is 8.62. The molecule has 0 amide bonds. The standard InChI is InChI=1S/C14H16N2O2/c1-5-11-9(3)13(15-7-17)12(6-2)14(10(11)4)16-8-18/h5-6H2,1-4H3. The largest absolute Gasteiger partial charge is 0.240 e. The van der Waals surface area contributed by atoms with Gasteiger partial charge in [0.05, 0.1) is 11.4 Å². The molecule has 0 spiro atoms. The predicted molar refractivity (Wildman–Crippen MR) is 70.2 cm³/mol. The van der Waals surface area contributed by atoms with Gasteiger partial charge in [-0.1, -0.05) is 13.8 Å². The lowest BCUT2D eigenvalue weighted by Gasteiger charge is -2.16. The van der Waals surface area contributed by atoms with Crippen molar-refractivity contribution in [2.24, 2.45) is 9.98 Å². The Morgan fingerprint density at radius 1 is 0.833 bits per heavy atom. The number of rotatable bonds is 4. The Morgan fingerprint density at radius 2 is 1.22 bits per heavy atom. The van der Waals surface area contributed by atoms with Crippen LogP contribution in [0, 0.1) is 13.8 Å². The van der Waals surface area contributed by atoms with Gasteiger partial charge in [0.2, 0.25) is 12.2 Å². The molecule has 0 fully saturated rings. The van der Waals surface area contributed by atoms with E-state index in [-0.39, 0.29) is 0 Å². The van der Waals surface area contributed by atoms with Gasteiger partial charge in [-0.05, 0) is 43.4 Å². The van der Waals surface area contributed by atoms with Gasteiger partial charge < -0.3 is 0 Å². The minimum absolute atomic E-state index is 0.587. The topological polar surface area (TPSA) is 58.9 Å². The van der Waals surface area contributed by atoms with Crippen molar-refractivity contribution in [2.45, 2.75) is 40.5 Å². The van der Waals surface area contributed by atoms with Crippen molar-refractivity contribution < 1.29 is 9.59 Å². The Labute approximate surface area is 106 Å². The average Bonchev–Trinajstić information content (AvgIpc) is 2.36. The van der Waals surface area contributed by atoms with Crippen molar-refractivity contribution in [2.75, 3.05) is 0 Å².